The minimum Gasteiger partial charge on any atom is -0.265 e. The topological polar surface area (TPSA) is 94.8 Å². The van der Waals surface area contributed by atoms with Crippen LogP contribution in [0.5, 0.6) is 0 Å². The Hall–Kier alpha value is -3.60. The van der Waals surface area contributed by atoms with Crippen LogP contribution in [0.2, 0.25) is 0 Å². The van der Waals surface area contributed by atoms with Crippen molar-refractivity contribution in [3.8, 4) is 16.9 Å². The summed E-state index contributed by atoms with van der Waals surface area (Å²) in [5.41, 5.74) is -0.962. The van der Waals surface area contributed by atoms with Crippen LogP contribution in [0.15, 0.2) is 70.7 Å². The van der Waals surface area contributed by atoms with Gasteiger partial charge in [0.2, 0.25) is 0 Å². The zero-order valence-corrected chi connectivity index (χ0v) is 17.4. The Kier molecular flexibility index (Phi) is 5.29. The summed E-state index contributed by atoms with van der Waals surface area (Å²) < 4.78 is 65.1. The first-order valence-electron chi connectivity index (χ1n) is 9.35. The molecule has 0 spiro atoms. The Labute approximate surface area is 180 Å². The van der Waals surface area contributed by atoms with Gasteiger partial charge in [-0.1, -0.05) is 37.3 Å². The fourth-order valence-corrected chi connectivity index (χ4v) is 4.14. The predicted molar refractivity (Wildman–Crippen MR) is 111 cm³/mol. The lowest BCUT2D eigenvalue weighted by atomic mass is 10.1. The first-order chi connectivity index (χ1) is 15.1. The van der Waals surface area contributed by atoms with Crippen molar-refractivity contribution in [3.05, 3.63) is 77.0 Å². The molecule has 0 radical (unpaired) electrons. The Bertz CT molecular complexity index is 1480. The van der Waals surface area contributed by atoms with E-state index in [9.17, 15) is 26.4 Å². The van der Waals surface area contributed by atoms with Gasteiger partial charge in [-0.3, -0.25) is 4.79 Å². The lowest BCUT2D eigenvalue weighted by molar-refractivity contribution is -0.137. The second-order valence-corrected chi connectivity index (χ2v) is 9.08. The maximum atomic E-state index is 12.9. The highest BCUT2D eigenvalue weighted by molar-refractivity contribution is 7.91. The maximum absolute atomic E-state index is 12.9. The normalized spacial score (nSPS) is 12.2. The van der Waals surface area contributed by atoms with E-state index in [0.717, 1.165) is 22.5 Å². The molecule has 4 rings (SSSR count). The van der Waals surface area contributed by atoms with E-state index in [4.69, 9.17) is 0 Å². The molecule has 7 nitrogen and oxygen atoms in total. The average molecular weight is 460 g/mol. The highest BCUT2D eigenvalue weighted by Gasteiger charge is 2.31. The van der Waals surface area contributed by atoms with E-state index in [1.807, 2.05) is 6.07 Å². The first-order valence-corrected chi connectivity index (χ1v) is 11.0. The smallest absolute Gasteiger partial charge is 0.265 e. The summed E-state index contributed by atoms with van der Waals surface area (Å²) in [6.45, 7) is 1.45. The van der Waals surface area contributed by atoms with Crippen molar-refractivity contribution in [2.45, 2.75) is 18.0 Å². The summed E-state index contributed by atoms with van der Waals surface area (Å²) in [6.07, 6.45) is -1.66. The van der Waals surface area contributed by atoms with Crippen molar-refractivity contribution < 1.29 is 21.6 Å². The van der Waals surface area contributed by atoms with Crippen molar-refractivity contribution >= 4 is 20.7 Å². The molecule has 1 aromatic carbocycles. The fraction of sp³-hybridized carbons (Fsp3) is 0.143. The minimum atomic E-state index is -4.63. The van der Waals surface area contributed by atoms with Crippen LogP contribution < -0.4 is 5.56 Å². The monoisotopic (exact) mass is 460 g/mol. The Balaban J connectivity index is 1.94. The van der Waals surface area contributed by atoms with Gasteiger partial charge < -0.3 is 0 Å². The molecule has 4 aromatic rings. The molecule has 32 heavy (non-hydrogen) atoms. The van der Waals surface area contributed by atoms with E-state index < -0.39 is 27.1 Å². The van der Waals surface area contributed by atoms with Gasteiger partial charge in [0.1, 0.15) is 10.4 Å². The van der Waals surface area contributed by atoms with Crippen molar-refractivity contribution in [3.63, 3.8) is 0 Å². The summed E-state index contributed by atoms with van der Waals surface area (Å²) >= 11 is 0. The molecule has 0 aliphatic heterocycles. The third-order valence-corrected chi connectivity index (χ3v) is 6.54. The van der Waals surface area contributed by atoms with Gasteiger partial charge in [-0.25, -0.2) is 18.4 Å². The van der Waals surface area contributed by atoms with E-state index in [-0.39, 0.29) is 27.4 Å². The number of hydrogen-bond acceptors (Lipinski definition) is 6. The number of rotatable bonds is 4. The number of fused-ring (bicyclic) bond motifs is 1. The Morgan fingerprint density at radius 2 is 1.69 bits per heavy atom. The third-order valence-electron chi connectivity index (χ3n) is 4.81. The molecular formula is C21H15F3N4O3S. The van der Waals surface area contributed by atoms with E-state index in [2.05, 4.69) is 15.1 Å². The molecule has 0 atom stereocenters. The SMILES string of the molecule is CCS(=O)(=O)c1cc(-c2ccccc2)cnc1-n1ncc2cc(C(F)(F)F)cnc2c1=O. The summed E-state index contributed by atoms with van der Waals surface area (Å²) in [4.78, 5) is 20.5. The van der Waals surface area contributed by atoms with Crippen molar-refractivity contribution in [1.82, 2.24) is 19.7 Å². The van der Waals surface area contributed by atoms with Gasteiger partial charge in [0.05, 0.1) is 17.5 Å². The lowest BCUT2D eigenvalue weighted by Gasteiger charge is -2.13. The zero-order valence-electron chi connectivity index (χ0n) is 16.5. The standard InChI is InChI=1S/C21H15F3N4O3S/c1-2-32(30,31)17-9-14(13-6-4-3-5-7-13)10-26-19(17)28-20(29)18-15(11-27-28)8-16(12-25-18)21(22,23)24/h3-12H,2H2,1H3. The van der Waals surface area contributed by atoms with Gasteiger partial charge >= 0.3 is 6.18 Å². The summed E-state index contributed by atoms with van der Waals surface area (Å²) in [5, 5.41) is 3.76. The van der Waals surface area contributed by atoms with Crippen molar-refractivity contribution in [2.24, 2.45) is 0 Å². The summed E-state index contributed by atoms with van der Waals surface area (Å²) in [7, 11) is -3.83. The van der Waals surface area contributed by atoms with Crippen molar-refractivity contribution in [1.29, 1.82) is 0 Å². The molecule has 0 unspecified atom stereocenters. The van der Waals surface area contributed by atoms with Gasteiger partial charge in [-0.2, -0.15) is 23.0 Å². The molecule has 3 heterocycles. The van der Waals surface area contributed by atoms with E-state index in [0.29, 0.717) is 11.8 Å². The number of pyridine rings is 2. The predicted octanol–water partition coefficient (Wildman–Crippen LogP) is 3.66. The highest BCUT2D eigenvalue weighted by Crippen LogP contribution is 2.30. The average Bonchev–Trinajstić information content (AvgIpc) is 2.79. The fourth-order valence-electron chi connectivity index (χ4n) is 3.11. The number of halogens is 3. The van der Waals surface area contributed by atoms with Crippen LogP contribution in [0.3, 0.4) is 0 Å². The molecule has 11 heteroatoms. The Morgan fingerprint density at radius 1 is 0.969 bits per heavy atom. The summed E-state index contributed by atoms with van der Waals surface area (Å²) in [5.74, 6) is -0.504. The first kappa shape index (κ1) is 21.6. The second kappa shape index (κ2) is 7.83. The second-order valence-electron chi connectivity index (χ2n) is 6.84. The number of sulfone groups is 1. The van der Waals surface area contributed by atoms with Gasteiger partial charge in [-0.15, -0.1) is 0 Å². The molecular weight excluding hydrogens is 445 g/mol. The van der Waals surface area contributed by atoms with Gasteiger partial charge in [0.25, 0.3) is 5.56 Å². The van der Waals surface area contributed by atoms with Gasteiger partial charge in [-0.05, 0) is 17.7 Å². The largest absolute Gasteiger partial charge is 0.417 e. The highest BCUT2D eigenvalue weighted by atomic mass is 32.2. The molecule has 0 saturated carbocycles. The molecule has 0 bridgehead atoms. The molecule has 0 N–H and O–H groups in total. The third kappa shape index (κ3) is 3.86. The van der Waals surface area contributed by atoms with E-state index in [1.54, 1.807) is 24.3 Å². The van der Waals surface area contributed by atoms with Gasteiger partial charge in [0, 0.05) is 23.3 Å². The maximum Gasteiger partial charge on any atom is 0.417 e. The molecule has 0 fully saturated rings. The van der Waals surface area contributed by atoms with Crippen LogP contribution in [-0.4, -0.2) is 33.9 Å². The number of benzene rings is 1. The number of nitrogens with zero attached hydrogens (tertiary/aromatic N) is 4. The van der Waals surface area contributed by atoms with Crippen LogP contribution in [0.25, 0.3) is 27.8 Å². The molecule has 0 amide bonds. The molecule has 3 aromatic heterocycles. The minimum absolute atomic E-state index is 0.123. The molecule has 0 saturated heterocycles. The van der Waals surface area contributed by atoms with Crippen molar-refractivity contribution in [2.75, 3.05) is 5.75 Å². The quantitative estimate of drug-likeness (QED) is 0.461. The zero-order chi connectivity index (χ0) is 23.1. The van der Waals surface area contributed by atoms with E-state index >= 15 is 0 Å². The number of alkyl halides is 3. The number of hydrogen-bond donors (Lipinski definition) is 0. The van der Waals surface area contributed by atoms with Crippen LogP contribution in [0.1, 0.15) is 12.5 Å². The van der Waals surface area contributed by atoms with Crippen LogP contribution in [-0.2, 0) is 16.0 Å². The lowest BCUT2D eigenvalue weighted by Crippen LogP contribution is -2.25. The van der Waals surface area contributed by atoms with Crippen LogP contribution in [0, 0.1) is 0 Å². The van der Waals surface area contributed by atoms with Gasteiger partial charge in [0.15, 0.2) is 15.7 Å². The van der Waals surface area contributed by atoms with Crippen LogP contribution in [0.4, 0.5) is 13.2 Å². The molecule has 164 valence electrons. The summed E-state index contributed by atoms with van der Waals surface area (Å²) in [6, 6.07) is 11.1. The van der Waals surface area contributed by atoms with E-state index in [1.165, 1.54) is 19.2 Å². The molecule has 0 aliphatic carbocycles. The van der Waals surface area contributed by atoms with Crippen LogP contribution >= 0.6 is 0 Å². The number of aromatic nitrogens is 4. The Morgan fingerprint density at radius 3 is 2.34 bits per heavy atom. The molecule has 0 aliphatic rings.